The lowest BCUT2D eigenvalue weighted by Crippen LogP contribution is -2.35. The van der Waals surface area contributed by atoms with Crippen LogP contribution in [-0.4, -0.2) is 29.9 Å². The van der Waals surface area contributed by atoms with E-state index in [2.05, 4.69) is 0 Å². The van der Waals surface area contributed by atoms with E-state index in [0.717, 1.165) is 11.3 Å². The Labute approximate surface area is 99.8 Å². The highest BCUT2D eigenvalue weighted by Crippen LogP contribution is 2.27. The molecule has 0 bridgehead atoms. The minimum absolute atomic E-state index is 0.223. The summed E-state index contributed by atoms with van der Waals surface area (Å²) in [7, 11) is 0. The molecule has 0 aliphatic carbocycles. The molecule has 1 fully saturated rings. The fourth-order valence-corrected chi connectivity index (χ4v) is 1.99. The van der Waals surface area contributed by atoms with Gasteiger partial charge in [-0.2, -0.15) is 0 Å². The van der Waals surface area contributed by atoms with Gasteiger partial charge in [-0.05, 0) is 24.6 Å². The van der Waals surface area contributed by atoms with E-state index >= 15 is 0 Å². The Hall–Kier alpha value is -2.04. The van der Waals surface area contributed by atoms with Gasteiger partial charge in [0.2, 0.25) is 5.91 Å². The molecule has 90 valence electrons. The molecule has 1 aliphatic rings. The molecule has 5 nitrogen and oxygen atoms in total. The molecule has 0 aromatic heterocycles. The second-order valence-electron chi connectivity index (χ2n) is 4.10. The molecule has 1 heterocycles. The van der Waals surface area contributed by atoms with E-state index in [1.807, 2.05) is 13.0 Å². The largest absolute Gasteiger partial charge is 0.398 e. The number of nitrogens with two attached hydrogens (primary N) is 1. The Bertz CT molecular complexity index is 485. The second kappa shape index (κ2) is 4.08. The molecule has 0 spiro atoms. The number of anilines is 2. The highest BCUT2D eigenvalue weighted by molar-refractivity contribution is 6.04. The Kier molecular flexibility index (Phi) is 2.75. The van der Waals surface area contributed by atoms with Gasteiger partial charge in [0, 0.05) is 25.7 Å². The number of amides is 3. The van der Waals surface area contributed by atoms with Crippen LogP contribution in [0.25, 0.3) is 0 Å². The summed E-state index contributed by atoms with van der Waals surface area (Å²) in [4.78, 5) is 26.1. The van der Waals surface area contributed by atoms with Crippen molar-refractivity contribution in [3.63, 3.8) is 0 Å². The minimum Gasteiger partial charge on any atom is -0.398 e. The van der Waals surface area contributed by atoms with Gasteiger partial charge in [0.25, 0.3) is 0 Å². The molecule has 1 aliphatic heterocycles. The van der Waals surface area contributed by atoms with Crippen molar-refractivity contribution in [3.8, 4) is 0 Å². The van der Waals surface area contributed by atoms with E-state index in [-0.39, 0.29) is 11.9 Å². The predicted molar refractivity (Wildman–Crippen MR) is 65.7 cm³/mol. The standard InChI is InChI=1S/C12H15N3O2/c1-8-10(13)4-3-5-11(8)15-7-6-14(9(2)16)12(15)17/h3-5H,6-7,13H2,1-2H3. The second-order valence-corrected chi connectivity index (χ2v) is 4.10. The van der Waals surface area contributed by atoms with Crippen molar-refractivity contribution >= 4 is 23.3 Å². The van der Waals surface area contributed by atoms with Gasteiger partial charge in [-0.15, -0.1) is 0 Å². The van der Waals surface area contributed by atoms with Crippen LogP contribution in [0, 0.1) is 6.92 Å². The zero-order chi connectivity index (χ0) is 12.6. The maximum atomic E-state index is 12.0. The number of carbonyl (C=O) groups is 2. The molecule has 2 N–H and O–H groups in total. The molecule has 1 aromatic carbocycles. The highest BCUT2D eigenvalue weighted by Gasteiger charge is 2.32. The minimum atomic E-state index is -0.272. The van der Waals surface area contributed by atoms with Gasteiger partial charge in [0.15, 0.2) is 0 Å². The van der Waals surface area contributed by atoms with E-state index < -0.39 is 0 Å². The Morgan fingerprint density at radius 1 is 1.35 bits per heavy atom. The summed E-state index contributed by atoms with van der Waals surface area (Å²) in [5.74, 6) is -0.223. The number of imide groups is 1. The van der Waals surface area contributed by atoms with Gasteiger partial charge in [-0.25, -0.2) is 4.79 Å². The molecule has 17 heavy (non-hydrogen) atoms. The third-order valence-corrected chi connectivity index (χ3v) is 3.03. The first-order valence-electron chi connectivity index (χ1n) is 5.47. The van der Waals surface area contributed by atoms with Gasteiger partial charge in [0.05, 0.1) is 5.69 Å². The van der Waals surface area contributed by atoms with Gasteiger partial charge < -0.3 is 5.73 Å². The maximum absolute atomic E-state index is 12.0. The van der Waals surface area contributed by atoms with Crippen molar-refractivity contribution in [1.29, 1.82) is 0 Å². The summed E-state index contributed by atoms with van der Waals surface area (Å²) in [6.45, 7) is 4.22. The van der Waals surface area contributed by atoms with E-state index in [1.165, 1.54) is 11.8 Å². The Morgan fingerprint density at radius 2 is 2.06 bits per heavy atom. The monoisotopic (exact) mass is 233 g/mol. The fourth-order valence-electron chi connectivity index (χ4n) is 1.99. The van der Waals surface area contributed by atoms with Crippen LogP contribution in [0.15, 0.2) is 18.2 Å². The molecule has 0 radical (unpaired) electrons. The lowest BCUT2D eigenvalue weighted by Gasteiger charge is -2.19. The number of rotatable bonds is 1. The zero-order valence-electron chi connectivity index (χ0n) is 9.93. The van der Waals surface area contributed by atoms with Crippen LogP contribution in [0.1, 0.15) is 12.5 Å². The van der Waals surface area contributed by atoms with Crippen LogP contribution >= 0.6 is 0 Å². The van der Waals surface area contributed by atoms with Gasteiger partial charge in [-0.1, -0.05) is 6.07 Å². The van der Waals surface area contributed by atoms with Crippen molar-refractivity contribution < 1.29 is 9.59 Å². The van der Waals surface area contributed by atoms with Gasteiger partial charge in [-0.3, -0.25) is 14.6 Å². The van der Waals surface area contributed by atoms with Crippen molar-refractivity contribution in [2.24, 2.45) is 0 Å². The number of urea groups is 1. The molecular formula is C12H15N3O2. The van der Waals surface area contributed by atoms with Crippen molar-refractivity contribution in [2.45, 2.75) is 13.8 Å². The van der Waals surface area contributed by atoms with E-state index in [1.54, 1.807) is 17.0 Å². The summed E-state index contributed by atoms with van der Waals surface area (Å²) in [5, 5.41) is 0. The summed E-state index contributed by atoms with van der Waals surface area (Å²) in [6.07, 6.45) is 0. The molecular weight excluding hydrogens is 218 g/mol. The molecule has 3 amide bonds. The van der Waals surface area contributed by atoms with Crippen LogP contribution in [0.5, 0.6) is 0 Å². The lowest BCUT2D eigenvalue weighted by molar-refractivity contribution is -0.125. The summed E-state index contributed by atoms with van der Waals surface area (Å²) in [5.41, 5.74) is 8.10. The van der Waals surface area contributed by atoms with Crippen molar-refractivity contribution in [1.82, 2.24) is 4.90 Å². The van der Waals surface area contributed by atoms with Gasteiger partial charge in [0.1, 0.15) is 0 Å². The average molecular weight is 233 g/mol. The van der Waals surface area contributed by atoms with Crippen molar-refractivity contribution in [3.05, 3.63) is 23.8 Å². The van der Waals surface area contributed by atoms with Crippen molar-refractivity contribution in [2.75, 3.05) is 23.7 Å². The van der Waals surface area contributed by atoms with E-state index in [0.29, 0.717) is 18.8 Å². The topological polar surface area (TPSA) is 66.6 Å². The summed E-state index contributed by atoms with van der Waals surface area (Å²) in [6, 6.07) is 5.17. The number of hydrogen-bond donors (Lipinski definition) is 1. The van der Waals surface area contributed by atoms with Crippen LogP contribution in [-0.2, 0) is 4.79 Å². The molecule has 5 heteroatoms. The van der Waals surface area contributed by atoms with Crippen LogP contribution < -0.4 is 10.6 Å². The predicted octanol–water partition coefficient (Wildman–Crippen LogP) is 1.37. The molecule has 1 saturated heterocycles. The molecule has 0 atom stereocenters. The normalized spacial score (nSPS) is 15.5. The fraction of sp³-hybridized carbons (Fsp3) is 0.333. The smallest absolute Gasteiger partial charge is 0.331 e. The number of nitrogen functional groups attached to an aromatic ring is 1. The Balaban J connectivity index is 2.34. The first-order chi connectivity index (χ1) is 8.02. The van der Waals surface area contributed by atoms with E-state index in [4.69, 9.17) is 5.73 Å². The van der Waals surface area contributed by atoms with Crippen LogP contribution in [0.4, 0.5) is 16.2 Å². The SMILES string of the molecule is CC(=O)N1CCN(c2cccc(N)c2C)C1=O. The number of benzene rings is 1. The molecule has 2 rings (SSSR count). The summed E-state index contributed by atoms with van der Waals surface area (Å²) < 4.78 is 0. The molecule has 1 aromatic rings. The van der Waals surface area contributed by atoms with Crippen LogP contribution in [0.2, 0.25) is 0 Å². The first kappa shape index (κ1) is 11.4. The Morgan fingerprint density at radius 3 is 2.65 bits per heavy atom. The third-order valence-electron chi connectivity index (χ3n) is 3.03. The van der Waals surface area contributed by atoms with E-state index in [9.17, 15) is 9.59 Å². The number of hydrogen-bond acceptors (Lipinski definition) is 3. The number of nitrogens with zero attached hydrogens (tertiary/aromatic N) is 2. The first-order valence-corrected chi connectivity index (χ1v) is 5.47. The third kappa shape index (κ3) is 1.84. The molecule has 0 saturated carbocycles. The quantitative estimate of drug-likeness (QED) is 0.745. The summed E-state index contributed by atoms with van der Waals surface area (Å²) >= 11 is 0. The zero-order valence-corrected chi connectivity index (χ0v) is 9.93. The maximum Gasteiger partial charge on any atom is 0.331 e. The molecule has 0 unspecified atom stereocenters. The highest BCUT2D eigenvalue weighted by atomic mass is 16.2. The van der Waals surface area contributed by atoms with Crippen LogP contribution in [0.3, 0.4) is 0 Å². The number of carbonyl (C=O) groups excluding carboxylic acids is 2. The lowest BCUT2D eigenvalue weighted by atomic mass is 10.1. The van der Waals surface area contributed by atoms with Gasteiger partial charge >= 0.3 is 6.03 Å². The average Bonchev–Trinajstić information content (AvgIpc) is 2.64.